The number of nitrogens with zero attached hydrogens (tertiary/aromatic N) is 2. The zero-order valence-electron chi connectivity index (χ0n) is 21.2. The van der Waals surface area contributed by atoms with E-state index < -0.39 is 6.04 Å². The van der Waals surface area contributed by atoms with Gasteiger partial charge in [-0.1, -0.05) is 69.7 Å². The van der Waals surface area contributed by atoms with E-state index in [-0.39, 0.29) is 11.5 Å². The highest BCUT2D eigenvalue weighted by molar-refractivity contribution is 9.10. The lowest BCUT2D eigenvalue weighted by atomic mass is 9.95. The molecule has 4 aromatic rings. The van der Waals surface area contributed by atoms with E-state index in [1.54, 1.807) is 4.57 Å². The number of carbonyl (C=O) groups excluding carboxylic acids is 1. The van der Waals surface area contributed by atoms with Crippen LogP contribution in [-0.2, 0) is 4.79 Å². The minimum absolute atomic E-state index is 0.193. The van der Waals surface area contributed by atoms with E-state index in [1.165, 1.54) is 11.3 Å². The monoisotopic (exact) mass is 587 g/mol. The Morgan fingerprint density at radius 1 is 1.11 bits per heavy atom. The number of fused-ring (bicyclic) bond motifs is 1. The van der Waals surface area contributed by atoms with Crippen molar-refractivity contribution in [3.63, 3.8) is 0 Å². The third-order valence-electron chi connectivity index (χ3n) is 6.30. The number of ether oxygens (including phenoxy) is 1. The first-order chi connectivity index (χ1) is 18.4. The van der Waals surface area contributed by atoms with Crippen molar-refractivity contribution in [2.24, 2.45) is 4.99 Å². The summed E-state index contributed by atoms with van der Waals surface area (Å²) in [6.07, 6.45) is 1.87. The maximum absolute atomic E-state index is 13.8. The van der Waals surface area contributed by atoms with E-state index in [9.17, 15) is 9.59 Å². The molecule has 3 aromatic carbocycles. The van der Waals surface area contributed by atoms with Crippen LogP contribution in [0.1, 0.15) is 36.6 Å². The molecular formula is C30H26BrN3O3S. The van der Waals surface area contributed by atoms with Crippen LogP contribution >= 0.6 is 27.3 Å². The van der Waals surface area contributed by atoms with E-state index in [0.717, 1.165) is 26.9 Å². The fourth-order valence-corrected chi connectivity index (χ4v) is 5.85. The molecule has 0 bridgehead atoms. The number of para-hydroxylation sites is 1. The van der Waals surface area contributed by atoms with Crippen molar-refractivity contribution in [3.05, 3.63) is 125 Å². The van der Waals surface area contributed by atoms with Crippen LogP contribution < -0.4 is 24.9 Å². The van der Waals surface area contributed by atoms with Crippen LogP contribution in [0.4, 0.5) is 5.69 Å². The number of hydrogen-bond acceptors (Lipinski definition) is 5. The Labute approximate surface area is 232 Å². The lowest BCUT2D eigenvalue weighted by molar-refractivity contribution is -0.113. The van der Waals surface area contributed by atoms with Crippen molar-refractivity contribution in [2.45, 2.75) is 26.8 Å². The van der Waals surface area contributed by atoms with Gasteiger partial charge in [-0.05, 0) is 73.9 Å². The van der Waals surface area contributed by atoms with Crippen molar-refractivity contribution < 1.29 is 9.53 Å². The van der Waals surface area contributed by atoms with Gasteiger partial charge in [0.1, 0.15) is 5.75 Å². The van der Waals surface area contributed by atoms with Crippen LogP contribution in [0.15, 0.2) is 98.3 Å². The van der Waals surface area contributed by atoms with Gasteiger partial charge in [-0.3, -0.25) is 14.2 Å². The summed E-state index contributed by atoms with van der Waals surface area (Å²) in [4.78, 5) is 32.8. The smallest absolute Gasteiger partial charge is 0.271 e. The van der Waals surface area contributed by atoms with Crippen molar-refractivity contribution in [2.75, 3.05) is 11.9 Å². The Kier molecular flexibility index (Phi) is 7.44. The number of benzene rings is 3. The number of anilines is 1. The summed E-state index contributed by atoms with van der Waals surface area (Å²) in [7, 11) is 0. The lowest BCUT2D eigenvalue weighted by Crippen LogP contribution is -2.40. The highest BCUT2D eigenvalue weighted by Crippen LogP contribution is 2.31. The first-order valence-electron chi connectivity index (χ1n) is 12.2. The molecule has 1 N–H and O–H groups in total. The second-order valence-corrected chi connectivity index (χ2v) is 10.8. The molecule has 38 heavy (non-hydrogen) atoms. The summed E-state index contributed by atoms with van der Waals surface area (Å²) in [5.74, 6) is 0.428. The second-order valence-electron chi connectivity index (χ2n) is 8.91. The first kappa shape index (κ1) is 25.9. The Balaban J connectivity index is 1.66. The van der Waals surface area contributed by atoms with E-state index >= 15 is 0 Å². The molecule has 0 aliphatic carbocycles. The number of nitrogens with one attached hydrogen (secondary N) is 1. The highest BCUT2D eigenvalue weighted by atomic mass is 79.9. The molecule has 0 spiro atoms. The summed E-state index contributed by atoms with van der Waals surface area (Å²) in [5, 5.41) is 2.98. The number of amides is 1. The fourth-order valence-electron chi connectivity index (χ4n) is 4.41. The molecule has 1 aliphatic heterocycles. The van der Waals surface area contributed by atoms with Gasteiger partial charge >= 0.3 is 0 Å². The summed E-state index contributed by atoms with van der Waals surface area (Å²) in [6.45, 7) is 6.31. The second kappa shape index (κ2) is 10.9. The molecule has 0 fully saturated rings. The zero-order valence-corrected chi connectivity index (χ0v) is 23.6. The zero-order chi connectivity index (χ0) is 26.8. The molecular weight excluding hydrogens is 562 g/mol. The number of aromatic nitrogens is 1. The normalized spacial score (nSPS) is 15.2. The van der Waals surface area contributed by atoms with Gasteiger partial charge < -0.3 is 10.1 Å². The third kappa shape index (κ3) is 5.14. The summed E-state index contributed by atoms with van der Waals surface area (Å²) >= 11 is 4.89. The van der Waals surface area contributed by atoms with Gasteiger partial charge in [0.15, 0.2) is 4.80 Å². The molecule has 2 heterocycles. The number of rotatable bonds is 6. The topological polar surface area (TPSA) is 72.7 Å². The average molecular weight is 589 g/mol. The van der Waals surface area contributed by atoms with Crippen molar-refractivity contribution >= 4 is 44.9 Å². The minimum atomic E-state index is -0.641. The van der Waals surface area contributed by atoms with Gasteiger partial charge in [-0.2, -0.15) is 0 Å². The van der Waals surface area contributed by atoms with Crippen LogP contribution in [0.3, 0.4) is 0 Å². The van der Waals surface area contributed by atoms with E-state index in [0.29, 0.717) is 32.9 Å². The summed E-state index contributed by atoms with van der Waals surface area (Å²) in [6, 6.07) is 22.1. The van der Waals surface area contributed by atoms with Gasteiger partial charge in [-0.25, -0.2) is 4.99 Å². The molecule has 1 amide bonds. The molecule has 6 nitrogen and oxygen atoms in total. The third-order valence-corrected chi connectivity index (χ3v) is 8.14. The predicted octanol–water partition coefficient (Wildman–Crippen LogP) is 5.34. The number of allylic oxidation sites excluding steroid dienone is 1. The Morgan fingerprint density at radius 3 is 2.53 bits per heavy atom. The Hall–Kier alpha value is -3.75. The fraction of sp³-hybridized carbons (Fsp3) is 0.167. The minimum Gasteiger partial charge on any atom is -0.494 e. The van der Waals surface area contributed by atoms with E-state index in [4.69, 9.17) is 9.73 Å². The van der Waals surface area contributed by atoms with Crippen LogP contribution in [0.5, 0.6) is 5.75 Å². The van der Waals surface area contributed by atoms with Crippen LogP contribution in [-0.4, -0.2) is 17.1 Å². The van der Waals surface area contributed by atoms with Gasteiger partial charge in [0.05, 0.1) is 28.5 Å². The van der Waals surface area contributed by atoms with Gasteiger partial charge in [0.25, 0.3) is 11.5 Å². The first-order valence-corrected chi connectivity index (χ1v) is 13.8. The number of halogens is 1. The van der Waals surface area contributed by atoms with Gasteiger partial charge in [0.2, 0.25) is 0 Å². The maximum atomic E-state index is 13.8. The molecule has 5 rings (SSSR count). The number of hydrogen-bond donors (Lipinski definition) is 1. The number of aryl methyl sites for hydroxylation is 1. The van der Waals surface area contributed by atoms with Gasteiger partial charge in [-0.15, -0.1) is 0 Å². The van der Waals surface area contributed by atoms with E-state index in [2.05, 4.69) is 21.2 Å². The molecule has 0 radical (unpaired) electrons. The molecule has 0 saturated heterocycles. The summed E-state index contributed by atoms with van der Waals surface area (Å²) in [5.41, 5.74) is 4.30. The van der Waals surface area contributed by atoms with Crippen LogP contribution in [0.2, 0.25) is 0 Å². The molecule has 1 atom stereocenters. The molecule has 1 aromatic heterocycles. The van der Waals surface area contributed by atoms with Crippen LogP contribution in [0.25, 0.3) is 6.08 Å². The molecule has 0 saturated carbocycles. The molecule has 0 unspecified atom stereocenters. The van der Waals surface area contributed by atoms with Crippen molar-refractivity contribution in [1.29, 1.82) is 0 Å². The predicted molar refractivity (Wildman–Crippen MR) is 155 cm³/mol. The molecule has 8 heteroatoms. The van der Waals surface area contributed by atoms with Crippen LogP contribution in [0, 0.1) is 6.92 Å². The van der Waals surface area contributed by atoms with E-state index in [1.807, 2.05) is 99.6 Å². The SMILES string of the molecule is CCOc1ccc([C@H]2C(C(=O)Nc3ccccc3)=C(C)N=c3s/c(=C\c4ccc(C)c(Br)c4)c(=O)n32)cc1. The molecule has 192 valence electrons. The Bertz CT molecular complexity index is 1720. The lowest BCUT2D eigenvalue weighted by Gasteiger charge is -2.25. The largest absolute Gasteiger partial charge is 0.494 e. The number of thiazole rings is 1. The van der Waals surface area contributed by atoms with Crippen molar-refractivity contribution in [3.8, 4) is 5.75 Å². The van der Waals surface area contributed by atoms with Gasteiger partial charge in [0, 0.05) is 10.2 Å². The standard InChI is InChI=1S/C30H26BrN3O3S/c1-4-37-23-14-12-21(13-15-23)27-26(28(35)33-22-8-6-5-7-9-22)19(3)32-30-34(27)29(36)25(38-30)17-20-11-10-18(2)24(31)16-20/h5-17,27H,4H2,1-3H3,(H,33,35)/b25-17-/t27-/m0/s1. The maximum Gasteiger partial charge on any atom is 0.271 e. The average Bonchev–Trinajstić information content (AvgIpc) is 3.20. The highest BCUT2D eigenvalue weighted by Gasteiger charge is 2.32. The summed E-state index contributed by atoms with van der Waals surface area (Å²) < 4.78 is 8.77. The number of carbonyl (C=O) groups is 1. The Morgan fingerprint density at radius 2 is 1.84 bits per heavy atom. The van der Waals surface area contributed by atoms with Crippen molar-refractivity contribution in [1.82, 2.24) is 4.57 Å². The molecule has 1 aliphatic rings. The quantitative estimate of drug-likeness (QED) is 0.331.